The van der Waals surface area contributed by atoms with Crippen LogP contribution in [0.25, 0.3) is 0 Å². The Morgan fingerprint density at radius 3 is 1.78 bits per heavy atom. The van der Waals surface area contributed by atoms with Crippen molar-refractivity contribution in [2.75, 3.05) is 0 Å². The summed E-state index contributed by atoms with van der Waals surface area (Å²) in [5, 5.41) is 0. The van der Waals surface area contributed by atoms with Crippen LogP contribution in [0.15, 0.2) is 12.4 Å². The van der Waals surface area contributed by atoms with E-state index < -0.39 is 0 Å². The predicted octanol–water partition coefficient (Wildman–Crippen LogP) is 8.25. The van der Waals surface area contributed by atoms with E-state index in [1.807, 2.05) is 0 Å². The number of aromatic amines is 1. The zero-order chi connectivity index (χ0) is 19.7. The van der Waals surface area contributed by atoms with Gasteiger partial charge in [0, 0.05) is 0 Å². The van der Waals surface area contributed by atoms with Crippen molar-refractivity contribution in [2.45, 2.75) is 142 Å². The van der Waals surface area contributed by atoms with Crippen LogP contribution in [0.4, 0.5) is 0 Å². The molecule has 0 saturated heterocycles. The van der Waals surface area contributed by atoms with Crippen molar-refractivity contribution in [3.8, 4) is 0 Å². The summed E-state index contributed by atoms with van der Waals surface area (Å²) in [4.78, 5) is 3.64. The maximum atomic E-state index is 3.64. The molecule has 2 nitrogen and oxygen atoms in total. The molecule has 0 saturated carbocycles. The van der Waals surface area contributed by atoms with E-state index in [1.54, 1.807) is 0 Å². The number of imidazole rings is 1. The fraction of sp³-hybridized carbons (Fsp3) is 0.880. The quantitative estimate of drug-likeness (QED) is 0.196. The molecule has 0 bridgehead atoms. The minimum atomic E-state index is 0.623. The van der Waals surface area contributed by atoms with Crippen LogP contribution in [-0.2, 0) is 0 Å². The van der Waals surface area contributed by atoms with Gasteiger partial charge in [0.1, 0.15) is 12.4 Å². The Morgan fingerprint density at radius 1 is 0.704 bits per heavy atom. The third kappa shape index (κ3) is 10.4. The smallest absolute Gasteiger partial charge is 0.247 e. The topological polar surface area (TPSA) is 19.7 Å². The zero-order valence-electron chi connectivity index (χ0n) is 19.1. The lowest BCUT2D eigenvalue weighted by molar-refractivity contribution is -0.727. The van der Waals surface area contributed by atoms with Gasteiger partial charge in [-0.25, -0.2) is 9.55 Å². The van der Waals surface area contributed by atoms with Crippen molar-refractivity contribution >= 4 is 0 Å². The third-order valence-corrected chi connectivity index (χ3v) is 6.14. The van der Waals surface area contributed by atoms with Crippen molar-refractivity contribution in [1.29, 1.82) is 0 Å². The second kappa shape index (κ2) is 16.2. The number of nitrogens with one attached hydrogen (secondary N) is 1. The maximum Gasteiger partial charge on any atom is 0.257 e. The highest BCUT2D eigenvalue weighted by Crippen LogP contribution is 2.27. The second-order valence-electron chi connectivity index (χ2n) is 8.70. The van der Waals surface area contributed by atoms with Crippen molar-refractivity contribution in [2.24, 2.45) is 0 Å². The van der Waals surface area contributed by atoms with Gasteiger partial charge in [-0.3, -0.25) is 0 Å². The number of unbranched alkanes of at least 4 members (excludes halogenated alkanes) is 10. The highest BCUT2D eigenvalue weighted by Gasteiger charge is 2.25. The SMILES string of the molecule is CCCCCCCCC(CCCCCCC)c1[nH]cc[n+]1C(C)CCCC. The first kappa shape index (κ1) is 24.2. The molecule has 0 amide bonds. The summed E-state index contributed by atoms with van der Waals surface area (Å²) in [6.45, 7) is 9.31. The average molecular weight is 378 g/mol. The van der Waals surface area contributed by atoms with E-state index in [2.05, 4.69) is 49.6 Å². The summed E-state index contributed by atoms with van der Waals surface area (Å²) in [5.41, 5.74) is 0. The molecule has 0 aromatic carbocycles. The molecule has 2 unspecified atom stereocenters. The summed E-state index contributed by atoms with van der Waals surface area (Å²) in [5.74, 6) is 2.22. The van der Waals surface area contributed by atoms with Gasteiger partial charge >= 0.3 is 0 Å². The molecule has 27 heavy (non-hydrogen) atoms. The van der Waals surface area contributed by atoms with Gasteiger partial charge in [-0.15, -0.1) is 0 Å². The van der Waals surface area contributed by atoms with E-state index in [-0.39, 0.29) is 0 Å². The summed E-state index contributed by atoms with van der Waals surface area (Å²) in [6.07, 6.45) is 26.5. The fourth-order valence-electron chi connectivity index (χ4n) is 4.29. The molecule has 158 valence electrons. The highest BCUT2D eigenvalue weighted by atomic mass is 15.1. The van der Waals surface area contributed by atoms with Crippen LogP contribution in [0, 0.1) is 0 Å². The highest BCUT2D eigenvalue weighted by molar-refractivity contribution is 4.90. The number of nitrogens with zero attached hydrogens (tertiary/aromatic N) is 1. The van der Waals surface area contributed by atoms with Crippen LogP contribution in [-0.4, -0.2) is 4.98 Å². The zero-order valence-corrected chi connectivity index (χ0v) is 19.1. The largest absolute Gasteiger partial charge is 0.257 e. The third-order valence-electron chi connectivity index (χ3n) is 6.14. The Morgan fingerprint density at radius 2 is 1.22 bits per heavy atom. The maximum absolute atomic E-state index is 3.64. The van der Waals surface area contributed by atoms with Crippen molar-refractivity contribution in [3.05, 3.63) is 18.2 Å². The van der Waals surface area contributed by atoms with Crippen LogP contribution < -0.4 is 4.57 Å². The first-order chi connectivity index (χ1) is 13.2. The summed E-state index contributed by atoms with van der Waals surface area (Å²) in [7, 11) is 0. The van der Waals surface area contributed by atoms with Crippen LogP contribution in [0.3, 0.4) is 0 Å². The first-order valence-corrected chi connectivity index (χ1v) is 12.3. The molecule has 0 aliphatic carbocycles. The van der Waals surface area contributed by atoms with Crippen LogP contribution in [0.5, 0.6) is 0 Å². The van der Waals surface area contributed by atoms with Crippen molar-refractivity contribution < 1.29 is 4.57 Å². The second-order valence-corrected chi connectivity index (χ2v) is 8.70. The molecule has 0 aliphatic heterocycles. The monoisotopic (exact) mass is 377 g/mol. The van der Waals surface area contributed by atoms with Gasteiger partial charge in [0.25, 0.3) is 5.82 Å². The Bertz CT molecular complexity index is 437. The molecule has 0 spiro atoms. The van der Waals surface area contributed by atoms with Gasteiger partial charge in [0.15, 0.2) is 0 Å². The molecule has 0 radical (unpaired) electrons. The summed E-state index contributed by atoms with van der Waals surface area (Å²) >= 11 is 0. The number of hydrogen-bond donors (Lipinski definition) is 1. The van der Waals surface area contributed by atoms with E-state index in [9.17, 15) is 0 Å². The lowest BCUT2D eigenvalue weighted by Gasteiger charge is -2.17. The normalized spacial score (nSPS) is 13.8. The molecular formula is C25H49N2+. The minimum absolute atomic E-state index is 0.623. The van der Waals surface area contributed by atoms with Crippen LogP contribution >= 0.6 is 0 Å². The van der Waals surface area contributed by atoms with Crippen molar-refractivity contribution in [1.82, 2.24) is 4.98 Å². The van der Waals surface area contributed by atoms with Gasteiger partial charge in [0.2, 0.25) is 0 Å². The number of H-pyrrole nitrogens is 1. The number of hydrogen-bond acceptors (Lipinski definition) is 0. The molecule has 1 aromatic rings. The fourth-order valence-corrected chi connectivity index (χ4v) is 4.29. The van der Waals surface area contributed by atoms with Crippen molar-refractivity contribution in [3.63, 3.8) is 0 Å². The summed E-state index contributed by atoms with van der Waals surface area (Å²) < 4.78 is 2.56. The van der Waals surface area contributed by atoms with E-state index in [1.165, 1.54) is 109 Å². The number of aromatic nitrogens is 2. The molecule has 0 aliphatic rings. The van der Waals surface area contributed by atoms with Gasteiger partial charge in [0.05, 0.1) is 12.0 Å². The van der Waals surface area contributed by atoms with Crippen LogP contribution in [0.2, 0.25) is 0 Å². The molecule has 1 rings (SSSR count). The first-order valence-electron chi connectivity index (χ1n) is 12.3. The van der Waals surface area contributed by atoms with E-state index in [0.29, 0.717) is 6.04 Å². The van der Waals surface area contributed by atoms with Crippen LogP contribution in [0.1, 0.15) is 148 Å². The van der Waals surface area contributed by atoms with Gasteiger partial charge in [-0.1, -0.05) is 97.8 Å². The van der Waals surface area contributed by atoms with Gasteiger partial charge in [-0.2, -0.15) is 0 Å². The standard InChI is InChI=1S/C25H48N2/c1-5-8-11-13-15-17-20-24(19-16-14-12-9-6-2)25-26-21-22-27(25)23(4)18-10-7-3/h21-24H,5-20H2,1-4H3/p+1. The van der Waals surface area contributed by atoms with E-state index in [4.69, 9.17) is 0 Å². The Balaban J connectivity index is 2.59. The molecule has 2 atom stereocenters. The molecule has 1 heterocycles. The van der Waals surface area contributed by atoms with E-state index in [0.717, 1.165) is 5.92 Å². The Labute approximate surface area is 170 Å². The molecule has 0 fully saturated rings. The lowest BCUT2D eigenvalue weighted by atomic mass is 9.93. The van der Waals surface area contributed by atoms with E-state index >= 15 is 0 Å². The Hall–Kier alpha value is -0.790. The molecule has 1 aromatic heterocycles. The molecule has 2 heteroatoms. The molecular weight excluding hydrogens is 328 g/mol. The average Bonchev–Trinajstić information content (AvgIpc) is 3.16. The summed E-state index contributed by atoms with van der Waals surface area (Å²) in [6, 6.07) is 0.623. The molecule has 1 N–H and O–H groups in total. The Kier molecular flexibility index (Phi) is 14.5. The minimum Gasteiger partial charge on any atom is -0.247 e. The predicted molar refractivity (Wildman–Crippen MR) is 119 cm³/mol. The van der Waals surface area contributed by atoms with Gasteiger partial charge < -0.3 is 0 Å². The van der Waals surface area contributed by atoms with Gasteiger partial charge in [-0.05, 0) is 32.6 Å². The lowest BCUT2D eigenvalue weighted by Crippen LogP contribution is -2.41. The number of rotatable bonds is 18.